The highest BCUT2D eigenvalue weighted by Gasteiger charge is 2.48. The Morgan fingerprint density at radius 1 is 0.889 bits per heavy atom. The van der Waals surface area contributed by atoms with E-state index in [4.69, 9.17) is 0 Å². The van der Waals surface area contributed by atoms with Crippen LogP contribution in [0.3, 0.4) is 0 Å². The number of fused-ring (bicyclic) bond motifs is 1. The van der Waals surface area contributed by atoms with Crippen LogP contribution in [0.5, 0.6) is 0 Å². The predicted octanol–water partition coefficient (Wildman–Crippen LogP) is 1.48. The lowest BCUT2D eigenvalue weighted by Crippen LogP contribution is -2.49. The zero-order chi connectivity index (χ0) is 25.1. The summed E-state index contributed by atoms with van der Waals surface area (Å²) in [5, 5.41) is 2.76. The molecule has 1 aromatic heterocycles. The van der Waals surface area contributed by atoms with E-state index >= 15 is 0 Å². The van der Waals surface area contributed by atoms with E-state index in [0.29, 0.717) is 37.8 Å². The Hall–Kier alpha value is -3.82. The van der Waals surface area contributed by atoms with E-state index in [9.17, 15) is 19.2 Å². The molecule has 3 fully saturated rings. The number of likely N-dealkylation sites (tertiary alicyclic amines) is 1. The fraction of sp³-hybridized carbons (Fsp3) is 0.462. The van der Waals surface area contributed by atoms with Gasteiger partial charge in [-0.2, -0.15) is 0 Å². The summed E-state index contributed by atoms with van der Waals surface area (Å²) < 4.78 is 0. The van der Waals surface area contributed by atoms with Crippen molar-refractivity contribution >= 4 is 35.3 Å². The van der Waals surface area contributed by atoms with E-state index in [-0.39, 0.29) is 42.5 Å². The molecular formula is C26H30N6O4. The topological polar surface area (TPSA) is 116 Å². The minimum atomic E-state index is -0.403. The Morgan fingerprint density at radius 3 is 2.11 bits per heavy atom. The Labute approximate surface area is 209 Å². The normalized spacial score (nSPS) is 21.9. The first kappa shape index (κ1) is 23.9. The molecule has 2 aromatic rings. The lowest BCUT2D eigenvalue weighted by Gasteiger charge is -2.34. The molecule has 188 valence electrons. The van der Waals surface area contributed by atoms with Crippen molar-refractivity contribution in [2.24, 2.45) is 11.8 Å². The first-order valence-corrected chi connectivity index (χ1v) is 12.5. The Bertz CT molecular complexity index is 1110. The van der Waals surface area contributed by atoms with E-state index in [0.717, 1.165) is 36.1 Å². The second-order valence-corrected chi connectivity index (χ2v) is 9.60. The van der Waals surface area contributed by atoms with Crippen molar-refractivity contribution < 1.29 is 19.2 Å². The summed E-state index contributed by atoms with van der Waals surface area (Å²) in [6.07, 6.45) is 7.05. The number of nitrogens with zero attached hydrogens (tertiary/aromatic N) is 5. The molecule has 1 saturated carbocycles. The molecule has 1 N–H and O–H groups in total. The first-order valence-electron chi connectivity index (χ1n) is 12.5. The number of carbonyl (C=O) groups excluding carboxylic acids is 4. The highest BCUT2D eigenvalue weighted by atomic mass is 16.2. The quantitative estimate of drug-likeness (QED) is 0.610. The molecule has 10 heteroatoms. The molecule has 2 aliphatic heterocycles. The van der Waals surface area contributed by atoms with Gasteiger partial charge in [-0.15, -0.1) is 0 Å². The molecule has 4 amide bonds. The standard InChI is InChI=1S/C26H30N6O4/c33-22(17-32-24(35)20-4-1-2-5-21(20)25(32)36)29-19-8-6-18(7-9-19)16-23(34)30-12-14-31(15-13-30)26-27-10-3-11-28-26/h3,6-11,20-21H,1-2,4-5,12-17H2,(H,29,33). The second-order valence-electron chi connectivity index (χ2n) is 9.60. The molecule has 2 atom stereocenters. The minimum Gasteiger partial charge on any atom is -0.339 e. The van der Waals surface area contributed by atoms with Crippen LogP contribution in [0.4, 0.5) is 11.6 Å². The van der Waals surface area contributed by atoms with E-state index in [1.165, 1.54) is 0 Å². The number of imide groups is 1. The van der Waals surface area contributed by atoms with Crippen LogP contribution in [0.1, 0.15) is 31.2 Å². The van der Waals surface area contributed by atoms with Crippen LogP contribution in [0.2, 0.25) is 0 Å². The van der Waals surface area contributed by atoms with Gasteiger partial charge < -0.3 is 15.1 Å². The van der Waals surface area contributed by atoms with E-state index in [2.05, 4.69) is 20.2 Å². The molecule has 36 heavy (non-hydrogen) atoms. The van der Waals surface area contributed by atoms with Crippen molar-refractivity contribution in [3.63, 3.8) is 0 Å². The average Bonchev–Trinajstić information content (AvgIpc) is 3.15. The summed E-state index contributed by atoms with van der Waals surface area (Å²) in [4.78, 5) is 64.0. The number of hydrogen-bond acceptors (Lipinski definition) is 7. The number of piperazine rings is 1. The second kappa shape index (κ2) is 10.4. The Kier molecular flexibility index (Phi) is 6.92. The third kappa shape index (κ3) is 5.07. The van der Waals surface area contributed by atoms with Gasteiger partial charge in [0.05, 0.1) is 18.3 Å². The molecule has 0 radical (unpaired) electrons. The van der Waals surface area contributed by atoms with E-state index < -0.39 is 5.91 Å². The van der Waals surface area contributed by atoms with Gasteiger partial charge in [0.15, 0.2) is 0 Å². The number of carbonyl (C=O) groups is 4. The van der Waals surface area contributed by atoms with Crippen molar-refractivity contribution in [3.8, 4) is 0 Å². The van der Waals surface area contributed by atoms with Crippen molar-refractivity contribution in [3.05, 3.63) is 48.3 Å². The summed E-state index contributed by atoms with van der Waals surface area (Å²) in [7, 11) is 0. The first-order chi connectivity index (χ1) is 17.5. The lowest BCUT2D eigenvalue weighted by molar-refractivity contribution is -0.142. The summed E-state index contributed by atoms with van der Waals surface area (Å²) in [6.45, 7) is 2.33. The van der Waals surface area contributed by atoms with Gasteiger partial charge in [-0.3, -0.25) is 24.1 Å². The highest BCUT2D eigenvalue weighted by molar-refractivity contribution is 6.08. The van der Waals surface area contributed by atoms with Gasteiger partial charge in [0, 0.05) is 44.3 Å². The van der Waals surface area contributed by atoms with Gasteiger partial charge >= 0.3 is 0 Å². The molecule has 1 aromatic carbocycles. The zero-order valence-electron chi connectivity index (χ0n) is 20.1. The number of benzene rings is 1. The molecule has 5 rings (SSSR count). The number of amides is 4. The maximum absolute atomic E-state index is 12.8. The predicted molar refractivity (Wildman–Crippen MR) is 132 cm³/mol. The van der Waals surface area contributed by atoms with Gasteiger partial charge in [0.25, 0.3) is 0 Å². The van der Waals surface area contributed by atoms with Crippen molar-refractivity contribution in [1.82, 2.24) is 19.8 Å². The largest absolute Gasteiger partial charge is 0.339 e. The fourth-order valence-corrected chi connectivity index (χ4v) is 5.33. The third-order valence-corrected chi connectivity index (χ3v) is 7.29. The SMILES string of the molecule is O=C(CN1C(=O)C2CCCCC2C1=O)Nc1ccc(CC(=O)N2CCN(c3ncccn3)CC2)cc1. The average molecular weight is 491 g/mol. The summed E-state index contributed by atoms with van der Waals surface area (Å²) in [5.74, 6) is -0.626. The van der Waals surface area contributed by atoms with Gasteiger partial charge in [-0.05, 0) is 36.6 Å². The van der Waals surface area contributed by atoms with Crippen LogP contribution in [0.15, 0.2) is 42.7 Å². The molecule has 3 heterocycles. The van der Waals surface area contributed by atoms with Crippen LogP contribution >= 0.6 is 0 Å². The van der Waals surface area contributed by atoms with Crippen LogP contribution in [-0.4, -0.2) is 76.1 Å². The van der Waals surface area contributed by atoms with Crippen molar-refractivity contribution in [2.45, 2.75) is 32.1 Å². The number of aromatic nitrogens is 2. The van der Waals surface area contributed by atoms with Crippen molar-refractivity contribution in [1.29, 1.82) is 0 Å². The van der Waals surface area contributed by atoms with Crippen LogP contribution in [-0.2, 0) is 25.6 Å². The maximum Gasteiger partial charge on any atom is 0.244 e. The van der Waals surface area contributed by atoms with E-state index in [1.807, 2.05) is 17.0 Å². The van der Waals surface area contributed by atoms with Crippen LogP contribution in [0.25, 0.3) is 0 Å². The van der Waals surface area contributed by atoms with Gasteiger partial charge in [-0.25, -0.2) is 9.97 Å². The third-order valence-electron chi connectivity index (χ3n) is 7.29. The molecule has 10 nitrogen and oxygen atoms in total. The molecule has 3 aliphatic rings. The van der Waals surface area contributed by atoms with Gasteiger partial charge in [-0.1, -0.05) is 25.0 Å². The monoisotopic (exact) mass is 490 g/mol. The molecule has 0 spiro atoms. The lowest BCUT2D eigenvalue weighted by atomic mass is 9.81. The summed E-state index contributed by atoms with van der Waals surface area (Å²) in [6, 6.07) is 8.86. The van der Waals surface area contributed by atoms with Crippen LogP contribution in [0, 0.1) is 11.8 Å². The minimum absolute atomic E-state index is 0.0490. The summed E-state index contributed by atoms with van der Waals surface area (Å²) >= 11 is 0. The Morgan fingerprint density at radius 2 is 1.50 bits per heavy atom. The molecular weight excluding hydrogens is 460 g/mol. The van der Waals surface area contributed by atoms with E-state index in [1.54, 1.807) is 30.6 Å². The maximum atomic E-state index is 12.8. The number of hydrogen-bond donors (Lipinski definition) is 1. The van der Waals surface area contributed by atoms with Crippen molar-refractivity contribution in [2.75, 3.05) is 42.9 Å². The molecule has 2 unspecified atom stereocenters. The molecule has 0 bridgehead atoms. The Balaban J connectivity index is 1.09. The molecule has 1 aliphatic carbocycles. The highest BCUT2D eigenvalue weighted by Crippen LogP contribution is 2.37. The van der Waals surface area contributed by atoms with Gasteiger partial charge in [0.1, 0.15) is 6.54 Å². The van der Waals surface area contributed by atoms with Gasteiger partial charge in [0.2, 0.25) is 29.6 Å². The molecule has 2 saturated heterocycles. The number of rotatable bonds is 6. The number of anilines is 2. The van der Waals surface area contributed by atoms with Crippen LogP contribution < -0.4 is 10.2 Å². The zero-order valence-corrected chi connectivity index (χ0v) is 20.1. The summed E-state index contributed by atoms with van der Waals surface area (Å²) in [5.41, 5.74) is 1.41. The fourth-order valence-electron chi connectivity index (χ4n) is 5.33. The number of nitrogens with one attached hydrogen (secondary N) is 1. The smallest absolute Gasteiger partial charge is 0.244 e.